The Kier molecular flexibility index (Phi) is 5.22. The predicted octanol–water partition coefficient (Wildman–Crippen LogP) is 3.22. The van der Waals surface area contributed by atoms with Gasteiger partial charge in [-0.15, -0.1) is 0 Å². The second-order valence-electron chi connectivity index (χ2n) is 6.15. The third-order valence-corrected chi connectivity index (χ3v) is 3.07. The van der Waals surface area contributed by atoms with E-state index in [-0.39, 0.29) is 5.54 Å². The van der Waals surface area contributed by atoms with E-state index in [0.29, 0.717) is 5.41 Å². The van der Waals surface area contributed by atoms with Gasteiger partial charge in [0.05, 0.1) is 0 Å². The van der Waals surface area contributed by atoms with Crippen LogP contribution >= 0.6 is 0 Å². The summed E-state index contributed by atoms with van der Waals surface area (Å²) in [6, 6.07) is 0. The van der Waals surface area contributed by atoms with Crippen LogP contribution in [-0.2, 0) is 19.4 Å². The molecule has 1 nitrogen and oxygen atoms in total. The normalized spacial score (nSPS) is 13.4. The van der Waals surface area contributed by atoms with Crippen molar-refractivity contribution >= 4 is 4.02 Å². The van der Waals surface area contributed by atoms with E-state index in [9.17, 15) is 0 Å². The molecule has 0 aromatic carbocycles. The molecule has 2 heteroatoms. The van der Waals surface area contributed by atoms with E-state index in [0.717, 1.165) is 0 Å². The van der Waals surface area contributed by atoms with Crippen LogP contribution in [0, 0.1) is 5.41 Å². The second-order valence-corrected chi connectivity index (χ2v) is 8.27. The van der Waals surface area contributed by atoms with Crippen LogP contribution in [0.25, 0.3) is 0 Å². The van der Waals surface area contributed by atoms with Crippen LogP contribution < -0.4 is 0 Å². The van der Waals surface area contributed by atoms with Gasteiger partial charge in [-0.2, -0.15) is 0 Å². The van der Waals surface area contributed by atoms with E-state index in [1.807, 2.05) is 0 Å². The molecule has 0 heterocycles. The van der Waals surface area contributed by atoms with Gasteiger partial charge in [-0.05, 0) is 0 Å². The summed E-state index contributed by atoms with van der Waals surface area (Å²) >= 11 is 1.59. The van der Waals surface area contributed by atoms with Gasteiger partial charge in [0.2, 0.25) is 0 Å². The SMILES string of the molecule is C[C](=[W])N(CCC(C)(C)C)C(C)(C)C. The number of rotatable bonds is 3. The minimum absolute atomic E-state index is 0.275. The molecule has 0 aromatic heterocycles. The molecule has 14 heavy (non-hydrogen) atoms. The van der Waals surface area contributed by atoms with Crippen molar-refractivity contribution in [2.45, 2.75) is 60.4 Å². The summed E-state index contributed by atoms with van der Waals surface area (Å²) in [6.45, 7) is 17.2. The van der Waals surface area contributed by atoms with Gasteiger partial charge in [0, 0.05) is 0 Å². The van der Waals surface area contributed by atoms with Gasteiger partial charge >= 0.3 is 101 Å². The second kappa shape index (κ2) is 5.03. The summed E-state index contributed by atoms with van der Waals surface area (Å²) in [5.41, 5.74) is 0.714. The molecule has 84 valence electrons. The van der Waals surface area contributed by atoms with Crippen LogP contribution in [0.2, 0.25) is 0 Å². The van der Waals surface area contributed by atoms with Crippen molar-refractivity contribution in [3.05, 3.63) is 0 Å². The average molecular weight is 367 g/mol. The average Bonchev–Trinajstić information content (AvgIpc) is 1.79. The topological polar surface area (TPSA) is 3.24 Å². The number of hydrogen-bond acceptors (Lipinski definition) is 1. The minimum atomic E-state index is 0.275. The number of nitrogens with zero attached hydrogens (tertiary/aromatic N) is 1. The fourth-order valence-electron chi connectivity index (χ4n) is 1.41. The van der Waals surface area contributed by atoms with Crippen molar-refractivity contribution in [1.29, 1.82) is 0 Å². The van der Waals surface area contributed by atoms with Gasteiger partial charge in [0.15, 0.2) is 0 Å². The van der Waals surface area contributed by atoms with E-state index in [4.69, 9.17) is 0 Å². The first kappa shape index (κ1) is 14.5. The maximum absolute atomic E-state index is 2.54. The maximum atomic E-state index is 2.54. The van der Waals surface area contributed by atoms with E-state index >= 15 is 0 Å². The Morgan fingerprint density at radius 1 is 1.07 bits per heavy atom. The Hall–Kier alpha value is 0.518. The molecule has 0 fully saturated rings. The van der Waals surface area contributed by atoms with E-state index < -0.39 is 0 Å². The van der Waals surface area contributed by atoms with E-state index in [2.05, 4.69) is 53.4 Å². The van der Waals surface area contributed by atoms with E-state index in [1.54, 1.807) is 19.4 Å². The molecular weight excluding hydrogens is 342 g/mol. The van der Waals surface area contributed by atoms with Gasteiger partial charge in [-0.3, -0.25) is 0 Å². The molecule has 0 bridgehead atoms. The van der Waals surface area contributed by atoms with Crippen LogP contribution in [0.3, 0.4) is 0 Å². The zero-order chi connectivity index (χ0) is 11.6. The molecule has 0 aromatic rings. The summed E-state index contributed by atoms with van der Waals surface area (Å²) in [5.74, 6) is 0. The summed E-state index contributed by atoms with van der Waals surface area (Å²) in [4.78, 5) is 2.54. The van der Waals surface area contributed by atoms with Crippen LogP contribution in [0.4, 0.5) is 0 Å². The Balaban J connectivity index is 4.35. The third-order valence-electron chi connectivity index (χ3n) is 2.28. The first-order valence-electron chi connectivity index (χ1n) is 5.32. The molecule has 0 atom stereocenters. The molecule has 0 radical (unpaired) electrons. The first-order chi connectivity index (χ1) is 6.04. The Labute approximate surface area is 101 Å². The van der Waals surface area contributed by atoms with Crippen molar-refractivity contribution in [1.82, 2.24) is 4.90 Å². The van der Waals surface area contributed by atoms with Crippen molar-refractivity contribution < 1.29 is 19.4 Å². The molecule has 0 saturated heterocycles. The third kappa shape index (κ3) is 6.09. The van der Waals surface area contributed by atoms with Crippen molar-refractivity contribution in [3.8, 4) is 0 Å². The fourth-order valence-corrected chi connectivity index (χ4v) is 2.72. The van der Waals surface area contributed by atoms with Crippen LogP contribution in [0.5, 0.6) is 0 Å². The molecule has 0 N–H and O–H groups in total. The number of hydrogen-bond donors (Lipinski definition) is 0. The Morgan fingerprint density at radius 2 is 1.50 bits per heavy atom. The molecule has 0 spiro atoms. The van der Waals surface area contributed by atoms with Gasteiger partial charge in [-0.25, -0.2) is 0 Å². The molecule has 0 saturated carbocycles. The van der Waals surface area contributed by atoms with Crippen molar-refractivity contribution in [2.24, 2.45) is 5.41 Å². The molecule has 0 unspecified atom stereocenters. The summed E-state index contributed by atoms with van der Waals surface area (Å²) in [5, 5.41) is 0. The monoisotopic (exact) mass is 367 g/mol. The van der Waals surface area contributed by atoms with Gasteiger partial charge in [0.25, 0.3) is 0 Å². The Morgan fingerprint density at radius 3 is 1.71 bits per heavy atom. The van der Waals surface area contributed by atoms with Crippen molar-refractivity contribution in [3.63, 3.8) is 0 Å². The fraction of sp³-hybridized carbons (Fsp3) is 0.917. The molecule has 0 aliphatic heterocycles. The molecule has 0 aliphatic rings. The Bertz CT molecular complexity index is 195. The molecule has 0 amide bonds. The molecule has 0 aliphatic carbocycles. The van der Waals surface area contributed by atoms with Crippen LogP contribution in [0.15, 0.2) is 0 Å². The first-order valence-corrected chi connectivity index (χ1v) is 6.79. The van der Waals surface area contributed by atoms with E-state index in [1.165, 1.54) is 17.0 Å². The molecular formula is C12H25NW. The summed E-state index contributed by atoms with van der Waals surface area (Å²) in [7, 11) is 0. The molecule has 0 rings (SSSR count). The summed E-state index contributed by atoms with van der Waals surface area (Å²) in [6.07, 6.45) is 1.26. The quantitative estimate of drug-likeness (QED) is 0.741. The zero-order valence-electron chi connectivity index (χ0n) is 10.8. The van der Waals surface area contributed by atoms with Gasteiger partial charge in [0.1, 0.15) is 0 Å². The predicted molar refractivity (Wildman–Crippen MR) is 61.2 cm³/mol. The van der Waals surface area contributed by atoms with Gasteiger partial charge < -0.3 is 0 Å². The summed E-state index contributed by atoms with van der Waals surface area (Å²) < 4.78 is 1.50. The standard InChI is InChI=1S/C12H25N.W/c1-8-13(12(5,6)7)10-9-11(2,3)4;/h9-10H2,1-7H3;. The van der Waals surface area contributed by atoms with Crippen LogP contribution in [-0.4, -0.2) is 21.0 Å². The van der Waals surface area contributed by atoms with Gasteiger partial charge in [-0.1, -0.05) is 0 Å². The van der Waals surface area contributed by atoms with Crippen molar-refractivity contribution in [2.75, 3.05) is 6.54 Å². The van der Waals surface area contributed by atoms with Crippen LogP contribution in [0.1, 0.15) is 54.9 Å². The zero-order valence-corrected chi connectivity index (χ0v) is 13.7.